The minimum absolute atomic E-state index is 0.0161. The molecule has 0 aliphatic rings. The third kappa shape index (κ3) is 1.91. The predicted molar refractivity (Wildman–Crippen MR) is 76.1 cm³/mol. The molecule has 1 heterocycles. The van der Waals surface area contributed by atoms with Crippen molar-refractivity contribution in [1.29, 1.82) is 0 Å². The molecule has 0 saturated heterocycles. The second kappa shape index (κ2) is 4.74. The number of aromatic hydroxyl groups is 1. The topological polar surface area (TPSA) is 59.7 Å². The Morgan fingerprint density at radius 2 is 1.95 bits per heavy atom. The molecule has 2 aromatic carbocycles. The molecular weight excluding hydrogens is 256 g/mol. The summed E-state index contributed by atoms with van der Waals surface area (Å²) < 4.78 is 10.4. The van der Waals surface area contributed by atoms with Crippen LogP contribution in [0.4, 0.5) is 0 Å². The highest BCUT2D eigenvalue weighted by atomic mass is 16.5. The fourth-order valence-corrected chi connectivity index (χ4v) is 2.13. The molecule has 20 heavy (non-hydrogen) atoms. The number of rotatable bonds is 2. The maximum atomic E-state index is 12.4. The minimum Gasteiger partial charge on any atom is -0.504 e. The van der Waals surface area contributed by atoms with E-state index in [1.54, 1.807) is 30.3 Å². The Kier molecular flexibility index (Phi) is 2.91. The van der Waals surface area contributed by atoms with Crippen molar-refractivity contribution in [3.8, 4) is 22.6 Å². The SMILES string of the molecule is COc1ccc(-c2coc3ccccc3c2=O)cc1O. The van der Waals surface area contributed by atoms with Crippen molar-refractivity contribution in [2.24, 2.45) is 0 Å². The number of benzene rings is 2. The van der Waals surface area contributed by atoms with Crippen molar-refractivity contribution in [3.63, 3.8) is 0 Å². The van der Waals surface area contributed by atoms with Gasteiger partial charge in [0.05, 0.1) is 18.1 Å². The minimum atomic E-state index is -0.128. The number of phenolic OH excluding ortho intramolecular Hbond substituents is 1. The van der Waals surface area contributed by atoms with Crippen LogP contribution < -0.4 is 10.2 Å². The molecule has 100 valence electrons. The van der Waals surface area contributed by atoms with Crippen molar-refractivity contribution in [3.05, 3.63) is 59.0 Å². The maximum absolute atomic E-state index is 12.4. The Morgan fingerprint density at radius 1 is 1.15 bits per heavy atom. The van der Waals surface area contributed by atoms with E-state index in [9.17, 15) is 9.90 Å². The monoisotopic (exact) mass is 268 g/mol. The van der Waals surface area contributed by atoms with Crippen LogP contribution in [-0.2, 0) is 0 Å². The van der Waals surface area contributed by atoms with Gasteiger partial charge in [0, 0.05) is 0 Å². The summed E-state index contributed by atoms with van der Waals surface area (Å²) in [5.74, 6) is 0.344. The summed E-state index contributed by atoms with van der Waals surface area (Å²) in [6.07, 6.45) is 1.41. The molecule has 1 N–H and O–H groups in total. The van der Waals surface area contributed by atoms with E-state index < -0.39 is 0 Å². The zero-order valence-electron chi connectivity index (χ0n) is 10.8. The van der Waals surface area contributed by atoms with Crippen molar-refractivity contribution in [2.45, 2.75) is 0 Å². The smallest absolute Gasteiger partial charge is 0.200 e. The molecule has 0 amide bonds. The predicted octanol–water partition coefficient (Wildman–Crippen LogP) is 3.17. The fourth-order valence-electron chi connectivity index (χ4n) is 2.13. The average Bonchev–Trinajstić information content (AvgIpc) is 2.48. The fraction of sp³-hybridized carbons (Fsp3) is 0.0625. The van der Waals surface area contributed by atoms with E-state index in [-0.39, 0.29) is 11.2 Å². The van der Waals surface area contributed by atoms with E-state index >= 15 is 0 Å². The summed E-state index contributed by atoms with van der Waals surface area (Å²) >= 11 is 0. The third-order valence-electron chi connectivity index (χ3n) is 3.17. The summed E-state index contributed by atoms with van der Waals surface area (Å²) in [7, 11) is 1.47. The molecule has 0 unspecified atom stereocenters. The number of ether oxygens (including phenoxy) is 1. The van der Waals surface area contributed by atoms with Gasteiger partial charge in [-0.2, -0.15) is 0 Å². The van der Waals surface area contributed by atoms with E-state index in [0.29, 0.717) is 27.8 Å². The number of para-hydroxylation sites is 1. The van der Waals surface area contributed by atoms with Gasteiger partial charge in [0.2, 0.25) is 0 Å². The van der Waals surface area contributed by atoms with Crippen LogP contribution in [0, 0.1) is 0 Å². The number of fused-ring (bicyclic) bond motifs is 1. The molecule has 4 heteroatoms. The quantitative estimate of drug-likeness (QED) is 0.775. The Bertz CT molecular complexity index is 833. The first-order valence-electron chi connectivity index (χ1n) is 6.08. The molecular formula is C16H12O4. The highest BCUT2D eigenvalue weighted by molar-refractivity contribution is 5.81. The maximum Gasteiger partial charge on any atom is 0.200 e. The molecule has 0 spiro atoms. The van der Waals surface area contributed by atoms with Gasteiger partial charge < -0.3 is 14.3 Å². The van der Waals surface area contributed by atoms with Crippen LogP contribution in [0.15, 0.2) is 57.9 Å². The molecule has 0 bridgehead atoms. The van der Waals surface area contributed by atoms with Gasteiger partial charge in [0.15, 0.2) is 16.9 Å². The first kappa shape index (κ1) is 12.3. The lowest BCUT2D eigenvalue weighted by atomic mass is 10.1. The number of phenols is 1. The lowest BCUT2D eigenvalue weighted by Gasteiger charge is -2.06. The van der Waals surface area contributed by atoms with Crippen LogP contribution >= 0.6 is 0 Å². The zero-order valence-corrected chi connectivity index (χ0v) is 10.8. The third-order valence-corrected chi connectivity index (χ3v) is 3.17. The summed E-state index contributed by atoms with van der Waals surface area (Å²) in [5.41, 5.74) is 1.40. The highest BCUT2D eigenvalue weighted by Crippen LogP contribution is 2.30. The van der Waals surface area contributed by atoms with Gasteiger partial charge in [0.1, 0.15) is 11.8 Å². The van der Waals surface area contributed by atoms with E-state index in [4.69, 9.17) is 9.15 Å². The normalized spacial score (nSPS) is 10.7. The molecule has 0 fully saturated rings. The summed E-state index contributed by atoms with van der Waals surface area (Å²) in [6.45, 7) is 0. The van der Waals surface area contributed by atoms with Crippen molar-refractivity contribution >= 4 is 11.0 Å². The molecule has 3 rings (SSSR count). The lowest BCUT2D eigenvalue weighted by molar-refractivity contribution is 0.373. The molecule has 4 nitrogen and oxygen atoms in total. The van der Waals surface area contributed by atoms with Gasteiger partial charge in [-0.1, -0.05) is 18.2 Å². The zero-order chi connectivity index (χ0) is 14.1. The summed E-state index contributed by atoms with van der Waals surface area (Å²) in [6, 6.07) is 11.9. The van der Waals surface area contributed by atoms with E-state index in [1.165, 1.54) is 19.4 Å². The second-order valence-electron chi connectivity index (χ2n) is 4.36. The van der Waals surface area contributed by atoms with Gasteiger partial charge in [-0.15, -0.1) is 0 Å². The molecule has 1 aromatic heterocycles. The number of hydrogen-bond donors (Lipinski definition) is 1. The van der Waals surface area contributed by atoms with Gasteiger partial charge in [-0.3, -0.25) is 4.79 Å². The van der Waals surface area contributed by atoms with Crippen LogP contribution in [0.2, 0.25) is 0 Å². The Hall–Kier alpha value is -2.75. The number of hydrogen-bond acceptors (Lipinski definition) is 4. The van der Waals surface area contributed by atoms with Crippen LogP contribution in [0.1, 0.15) is 0 Å². The van der Waals surface area contributed by atoms with E-state index in [2.05, 4.69) is 0 Å². The highest BCUT2D eigenvalue weighted by Gasteiger charge is 2.11. The molecule has 3 aromatic rings. The van der Waals surface area contributed by atoms with Crippen LogP contribution in [0.3, 0.4) is 0 Å². The summed E-state index contributed by atoms with van der Waals surface area (Å²) in [5, 5.41) is 10.3. The molecule has 0 radical (unpaired) electrons. The molecule has 0 aliphatic carbocycles. The Labute approximate surface area is 114 Å². The molecule has 0 atom stereocenters. The van der Waals surface area contributed by atoms with Gasteiger partial charge in [-0.25, -0.2) is 0 Å². The van der Waals surface area contributed by atoms with Crippen molar-refractivity contribution in [1.82, 2.24) is 0 Å². The lowest BCUT2D eigenvalue weighted by Crippen LogP contribution is -2.04. The van der Waals surface area contributed by atoms with Crippen molar-refractivity contribution in [2.75, 3.05) is 7.11 Å². The second-order valence-corrected chi connectivity index (χ2v) is 4.36. The van der Waals surface area contributed by atoms with E-state index in [1.807, 2.05) is 6.07 Å². The first-order chi connectivity index (χ1) is 9.70. The van der Waals surface area contributed by atoms with Gasteiger partial charge in [-0.05, 0) is 29.8 Å². The van der Waals surface area contributed by atoms with Crippen LogP contribution in [-0.4, -0.2) is 12.2 Å². The number of methoxy groups -OCH3 is 1. The Balaban J connectivity index is 2.22. The average molecular weight is 268 g/mol. The standard InChI is InChI=1S/C16H12O4/c1-19-15-7-6-10(8-13(15)17)12-9-20-14-5-3-2-4-11(14)16(12)18/h2-9,17H,1H3. The molecule has 0 saturated carbocycles. The van der Waals surface area contributed by atoms with Crippen molar-refractivity contribution < 1.29 is 14.3 Å². The molecule has 0 aliphatic heterocycles. The first-order valence-corrected chi connectivity index (χ1v) is 6.08. The largest absolute Gasteiger partial charge is 0.504 e. The summed E-state index contributed by atoms with van der Waals surface area (Å²) in [4.78, 5) is 12.4. The Morgan fingerprint density at radius 3 is 2.70 bits per heavy atom. The van der Waals surface area contributed by atoms with Gasteiger partial charge in [0.25, 0.3) is 0 Å². The van der Waals surface area contributed by atoms with Gasteiger partial charge >= 0.3 is 0 Å². The van der Waals surface area contributed by atoms with Crippen LogP contribution in [0.25, 0.3) is 22.1 Å². The van der Waals surface area contributed by atoms with Crippen LogP contribution in [0.5, 0.6) is 11.5 Å². The van der Waals surface area contributed by atoms with E-state index in [0.717, 1.165) is 0 Å².